The number of pyridine rings is 1. The molecule has 1 N–H and O–H groups in total. The van der Waals surface area contributed by atoms with E-state index in [1.165, 1.54) is 28.9 Å². The van der Waals surface area contributed by atoms with E-state index in [4.69, 9.17) is 4.74 Å². The summed E-state index contributed by atoms with van der Waals surface area (Å²) < 4.78 is 7.20. The van der Waals surface area contributed by atoms with Gasteiger partial charge in [0, 0.05) is 12.4 Å². The molecule has 1 aromatic carbocycles. The number of amides is 1. The van der Waals surface area contributed by atoms with Gasteiger partial charge in [0.15, 0.2) is 5.13 Å². The summed E-state index contributed by atoms with van der Waals surface area (Å²) in [6.45, 7) is 0. The van der Waals surface area contributed by atoms with E-state index < -0.39 is 0 Å². The number of nitrogens with zero attached hydrogens (tertiary/aromatic N) is 3. The van der Waals surface area contributed by atoms with Crippen LogP contribution in [0.3, 0.4) is 0 Å². The van der Waals surface area contributed by atoms with Gasteiger partial charge >= 0.3 is 0 Å². The van der Waals surface area contributed by atoms with Gasteiger partial charge in [-0.25, -0.2) is 9.97 Å². The third-order valence-corrected chi connectivity index (χ3v) is 5.39. The Hall–Kier alpha value is -2.58. The highest BCUT2D eigenvalue weighted by molar-refractivity contribution is 7.29. The van der Waals surface area contributed by atoms with Gasteiger partial charge in [0.05, 0.1) is 33.1 Å². The van der Waals surface area contributed by atoms with Crippen molar-refractivity contribution in [2.45, 2.75) is 0 Å². The van der Waals surface area contributed by atoms with Crippen molar-refractivity contribution in [3.8, 4) is 5.19 Å². The number of carbonyl (C=O) groups is 1. The number of hydrogen-bond donors (Lipinski definition) is 1. The van der Waals surface area contributed by atoms with Crippen LogP contribution in [-0.4, -0.2) is 28.0 Å². The van der Waals surface area contributed by atoms with Crippen LogP contribution in [0.2, 0.25) is 0 Å². The molecule has 0 saturated carbocycles. The first kappa shape index (κ1) is 14.0. The van der Waals surface area contributed by atoms with Crippen molar-refractivity contribution in [2.24, 2.45) is 0 Å². The standard InChI is InChI=1S/C15H10N4O2S2/c1-21-15-18-10-5-4-9-11(12(10)23-15)22-14(17-9)19-13(20)8-3-2-6-16-7-8/h2-7H,1H3,(H,17,19,20). The lowest BCUT2D eigenvalue weighted by atomic mass is 10.3. The highest BCUT2D eigenvalue weighted by atomic mass is 32.1. The Balaban J connectivity index is 1.72. The van der Waals surface area contributed by atoms with Crippen LogP contribution in [0.1, 0.15) is 10.4 Å². The molecular weight excluding hydrogens is 332 g/mol. The molecule has 0 aliphatic heterocycles. The van der Waals surface area contributed by atoms with E-state index in [2.05, 4.69) is 20.3 Å². The predicted molar refractivity (Wildman–Crippen MR) is 91.5 cm³/mol. The summed E-state index contributed by atoms with van der Waals surface area (Å²) in [6.07, 6.45) is 3.15. The second-order valence-corrected chi connectivity index (χ2v) is 6.62. The highest BCUT2D eigenvalue weighted by Crippen LogP contribution is 2.38. The molecule has 0 atom stereocenters. The van der Waals surface area contributed by atoms with Crippen LogP contribution in [0.25, 0.3) is 20.4 Å². The highest BCUT2D eigenvalue weighted by Gasteiger charge is 2.14. The Morgan fingerprint density at radius 1 is 1.13 bits per heavy atom. The van der Waals surface area contributed by atoms with Gasteiger partial charge in [-0.05, 0) is 24.3 Å². The van der Waals surface area contributed by atoms with Crippen molar-refractivity contribution in [1.82, 2.24) is 15.0 Å². The lowest BCUT2D eigenvalue weighted by Crippen LogP contribution is -2.11. The van der Waals surface area contributed by atoms with Crippen LogP contribution in [0.4, 0.5) is 5.13 Å². The molecule has 23 heavy (non-hydrogen) atoms. The summed E-state index contributed by atoms with van der Waals surface area (Å²) in [5, 5.41) is 3.98. The molecule has 4 aromatic rings. The number of aromatic nitrogens is 3. The maximum atomic E-state index is 12.2. The second-order valence-electron chi connectivity index (χ2n) is 4.66. The fourth-order valence-corrected chi connectivity index (χ4v) is 4.12. The third-order valence-electron chi connectivity index (χ3n) is 3.21. The van der Waals surface area contributed by atoms with Crippen LogP contribution in [0, 0.1) is 0 Å². The first-order valence-electron chi connectivity index (χ1n) is 6.70. The van der Waals surface area contributed by atoms with Gasteiger partial charge < -0.3 is 4.74 Å². The van der Waals surface area contributed by atoms with Gasteiger partial charge in [-0.1, -0.05) is 22.7 Å². The minimum Gasteiger partial charge on any atom is -0.473 e. The van der Waals surface area contributed by atoms with Crippen molar-refractivity contribution in [3.63, 3.8) is 0 Å². The van der Waals surface area contributed by atoms with Crippen molar-refractivity contribution < 1.29 is 9.53 Å². The number of methoxy groups -OCH3 is 1. The zero-order valence-electron chi connectivity index (χ0n) is 11.9. The maximum Gasteiger partial charge on any atom is 0.274 e. The Morgan fingerprint density at radius 3 is 2.65 bits per heavy atom. The second kappa shape index (κ2) is 5.56. The minimum absolute atomic E-state index is 0.227. The van der Waals surface area contributed by atoms with Crippen LogP contribution >= 0.6 is 22.7 Å². The number of ether oxygens (including phenoxy) is 1. The van der Waals surface area contributed by atoms with Gasteiger partial charge in [0.1, 0.15) is 0 Å². The molecule has 3 heterocycles. The van der Waals surface area contributed by atoms with Crippen LogP contribution in [0.5, 0.6) is 5.19 Å². The Labute approximate surface area is 138 Å². The molecule has 0 spiro atoms. The molecule has 1 amide bonds. The van der Waals surface area contributed by atoms with Gasteiger partial charge in [0.2, 0.25) is 0 Å². The topological polar surface area (TPSA) is 77.0 Å². The van der Waals surface area contributed by atoms with E-state index in [0.29, 0.717) is 15.9 Å². The normalized spacial score (nSPS) is 11.0. The summed E-state index contributed by atoms with van der Waals surface area (Å²) in [6, 6.07) is 7.23. The molecule has 0 aliphatic rings. The quantitative estimate of drug-likeness (QED) is 0.616. The lowest BCUT2D eigenvalue weighted by Gasteiger charge is -1.99. The van der Waals surface area contributed by atoms with Gasteiger partial charge in [-0.15, -0.1) is 0 Å². The van der Waals surface area contributed by atoms with Crippen LogP contribution in [-0.2, 0) is 0 Å². The summed E-state index contributed by atoms with van der Waals surface area (Å²) in [7, 11) is 1.60. The van der Waals surface area contributed by atoms with E-state index >= 15 is 0 Å². The Kier molecular flexibility index (Phi) is 3.40. The molecule has 0 radical (unpaired) electrons. The number of fused-ring (bicyclic) bond motifs is 3. The number of thiazole rings is 2. The zero-order chi connectivity index (χ0) is 15.8. The molecule has 4 rings (SSSR count). The van der Waals surface area contributed by atoms with Crippen molar-refractivity contribution in [1.29, 1.82) is 0 Å². The lowest BCUT2D eigenvalue weighted by molar-refractivity contribution is 0.102. The minimum atomic E-state index is -0.227. The summed E-state index contributed by atoms with van der Waals surface area (Å²) in [4.78, 5) is 25.0. The molecule has 6 nitrogen and oxygen atoms in total. The Morgan fingerprint density at radius 2 is 1.91 bits per heavy atom. The van der Waals surface area contributed by atoms with Gasteiger partial charge in [0.25, 0.3) is 11.1 Å². The first-order chi connectivity index (χ1) is 11.2. The number of nitrogens with one attached hydrogen (secondary N) is 1. The molecule has 0 fully saturated rings. The van der Waals surface area contributed by atoms with E-state index in [0.717, 1.165) is 20.4 Å². The average molecular weight is 342 g/mol. The van der Waals surface area contributed by atoms with Crippen molar-refractivity contribution >= 4 is 54.1 Å². The largest absolute Gasteiger partial charge is 0.473 e. The molecule has 0 aliphatic carbocycles. The average Bonchev–Trinajstić information content (AvgIpc) is 3.18. The number of benzene rings is 1. The fourth-order valence-electron chi connectivity index (χ4n) is 2.16. The van der Waals surface area contributed by atoms with Crippen molar-refractivity contribution in [2.75, 3.05) is 12.4 Å². The van der Waals surface area contributed by atoms with Crippen LogP contribution < -0.4 is 10.1 Å². The number of anilines is 1. The number of rotatable bonds is 3. The van der Waals surface area contributed by atoms with E-state index in [1.807, 2.05) is 12.1 Å². The van der Waals surface area contributed by atoms with E-state index in [9.17, 15) is 4.79 Å². The first-order valence-corrected chi connectivity index (χ1v) is 8.33. The predicted octanol–water partition coefficient (Wildman–Crippen LogP) is 3.56. The number of hydrogen-bond acceptors (Lipinski definition) is 7. The summed E-state index contributed by atoms with van der Waals surface area (Å²) in [5.74, 6) is -0.227. The van der Waals surface area contributed by atoms with E-state index in [1.54, 1.807) is 25.4 Å². The molecule has 0 bridgehead atoms. The zero-order valence-corrected chi connectivity index (χ0v) is 13.6. The maximum absolute atomic E-state index is 12.2. The molecule has 114 valence electrons. The summed E-state index contributed by atoms with van der Waals surface area (Å²) >= 11 is 2.89. The fraction of sp³-hybridized carbons (Fsp3) is 0.0667. The monoisotopic (exact) mass is 342 g/mol. The third kappa shape index (κ3) is 2.51. The summed E-state index contributed by atoms with van der Waals surface area (Å²) in [5.41, 5.74) is 2.19. The van der Waals surface area contributed by atoms with E-state index in [-0.39, 0.29) is 5.91 Å². The molecule has 3 aromatic heterocycles. The number of carbonyl (C=O) groups excluding carboxylic acids is 1. The van der Waals surface area contributed by atoms with Gasteiger partial charge in [-0.3, -0.25) is 15.1 Å². The van der Waals surface area contributed by atoms with Gasteiger partial charge in [-0.2, -0.15) is 0 Å². The smallest absolute Gasteiger partial charge is 0.274 e. The van der Waals surface area contributed by atoms with Crippen LogP contribution in [0.15, 0.2) is 36.7 Å². The molecular formula is C15H10N4O2S2. The molecule has 0 saturated heterocycles. The molecule has 0 unspecified atom stereocenters. The Bertz CT molecular complexity index is 1010. The molecule has 8 heteroatoms. The SMILES string of the molecule is COc1nc2ccc3nc(NC(=O)c4cccnc4)sc3c2s1. The van der Waals surface area contributed by atoms with Crippen molar-refractivity contribution in [3.05, 3.63) is 42.2 Å².